The van der Waals surface area contributed by atoms with Crippen molar-refractivity contribution in [1.29, 1.82) is 0 Å². The number of Topliss-reactive ketones (excluding diaryl/α,β-unsaturated/α-hetero) is 1. The molecule has 0 unspecified atom stereocenters. The number of ether oxygens (including phenoxy) is 1. The van der Waals surface area contributed by atoms with Crippen molar-refractivity contribution in [2.24, 2.45) is 5.92 Å². The van der Waals surface area contributed by atoms with Gasteiger partial charge in [-0.05, 0) is 40.0 Å². The van der Waals surface area contributed by atoms with E-state index in [1.807, 2.05) is 27.7 Å². The molecule has 1 aliphatic rings. The summed E-state index contributed by atoms with van der Waals surface area (Å²) in [6.45, 7) is 8.26. The van der Waals surface area contributed by atoms with Crippen molar-refractivity contribution < 1.29 is 14.3 Å². The van der Waals surface area contributed by atoms with E-state index in [0.717, 1.165) is 19.3 Å². The van der Waals surface area contributed by atoms with Crippen LogP contribution in [0, 0.1) is 5.92 Å². The van der Waals surface area contributed by atoms with E-state index in [-0.39, 0.29) is 24.3 Å². The number of nitrogens with zero attached hydrogens (tertiary/aromatic N) is 1. The Morgan fingerprint density at radius 1 is 1.29 bits per heavy atom. The second kappa shape index (κ2) is 5.52. The zero-order valence-corrected chi connectivity index (χ0v) is 11.3. The maximum Gasteiger partial charge on any atom is 0.410 e. The summed E-state index contributed by atoms with van der Waals surface area (Å²) in [6, 6.07) is 0. The topological polar surface area (TPSA) is 46.6 Å². The lowest BCUT2D eigenvalue weighted by atomic mass is 10.2. The molecule has 0 saturated heterocycles. The summed E-state index contributed by atoms with van der Waals surface area (Å²) in [5, 5.41) is 0. The van der Waals surface area contributed by atoms with Crippen molar-refractivity contribution in [2.45, 2.75) is 52.6 Å². The number of hydrogen-bond donors (Lipinski definition) is 0. The summed E-state index contributed by atoms with van der Waals surface area (Å²) < 4.78 is 5.29. The minimum Gasteiger partial charge on any atom is -0.444 e. The molecule has 0 aromatic rings. The van der Waals surface area contributed by atoms with Gasteiger partial charge in [-0.15, -0.1) is 0 Å². The number of hydrogen-bond acceptors (Lipinski definition) is 3. The lowest BCUT2D eigenvalue weighted by Gasteiger charge is -2.26. The highest BCUT2D eigenvalue weighted by Crippen LogP contribution is 2.30. The van der Waals surface area contributed by atoms with Gasteiger partial charge in [0.25, 0.3) is 0 Å². The van der Waals surface area contributed by atoms with Crippen LogP contribution in [0.15, 0.2) is 0 Å². The molecule has 0 radical (unpaired) electrons. The van der Waals surface area contributed by atoms with Crippen LogP contribution in [0.3, 0.4) is 0 Å². The van der Waals surface area contributed by atoms with Gasteiger partial charge in [-0.2, -0.15) is 0 Å². The van der Waals surface area contributed by atoms with Gasteiger partial charge in [-0.25, -0.2) is 4.79 Å². The minimum atomic E-state index is -0.508. The molecule has 1 fully saturated rings. The fraction of sp³-hybridized carbons (Fsp3) is 0.846. The molecule has 1 rings (SSSR count). The molecule has 0 aliphatic heterocycles. The number of amides is 1. The molecule has 0 heterocycles. The van der Waals surface area contributed by atoms with Crippen LogP contribution in [0.2, 0.25) is 0 Å². The Morgan fingerprint density at radius 3 is 2.29 bits per heavy atom. The standard InChI is InChI=1S/C13H23NO3/c1-5-8-14(9-11(15)10-6-7-10)12(16)17-13(2,3)4/h10H,5-9H2,1-4H3. The molecule has 0 aromatic heterocycles. The van der Waals surface area contributed by atoms with E-state index in [9.17, 15) is 9.59 Å². The highest BCUT2D eigenvalue weighted by molar-refractivity contribution is 5.87. The van der Waals surface area contributed by atoms with Crippen molar-refractivity contribution in [3.05, 3.63) is 0 Å². The van der Waals surface area contributed by atoms with E-state index in [1.54, 1.807) is 0 Å². The van der Waals surface area contributed by atoms with Crippen LogP contribution in [0.4, 0.5) is 4.79 Å². The highest BCUT2D eigenvalue weighted by atomic mass is 16.6. The van der Waals surface area contributed by atoms with Gasteiger partial charge < -0.3 is 9.64 Å². The molecule has 98 valence electrons. The first-order chi connectivity index (χ1) is 7.83. The SMILES string of the molecule is CCCN(CC(=O)C1CC1)C(=O)OC(C)(C)C. The van der Waals surface area contributed by atoms with Crippen molar-refractivity contribution in [2.75, 3.05) is 13.1 Å². The van der Waals surface area contributed by atoms with Crippen LogP contribution < -0.4 is 0 Å². The fourth-order valence-corrected chi connectivity index (χ4v) is 1.55. The maximum absolute atomic E-state index is 11.9. The smallest absolute Gasteiger partial charge is 0.410 e. The molecule has 17 heavy (non-hydrogen) atoms. The second-order valence-electron chi connectivity index (χ2n) is 5.64. The van der Waals surface area contributed by atoms with Crippen LogP contribution >= 0.6 is 0 Å². The van der Waals surface area contributed by atoms with Gasteiger partial charge >= 0.3 is 6.09 Å². The molecule has 0 N–H and O–H groups in total. The molecule has 0 bridgehead atoms. The zero-order valence-electron chi connectivity index (χ0n) is 11.3. The third-order valence-electron chi connectivity index (χ3n) is 2.52. The summed E-state index contributed by atoms with van der Waals surface area (Å²) in [5.41, 5.74) is -0.508. The number of carbonyl (C=O) groups excluding carboxylic acids is 2. The van der Waals surface area contributed by atoms with Gasteiger partial charge in [-0.1, -0.05) is 6.92 Å². The van der Waals surface area contributed by atoms with Crippen molar-refractivity contribution in [3.63, 3.8) is 0 Å². The molecule has 4 nitrogen and oxygen atoms in total. The average molecular weight is 241 g/mol. The Hall–Kier alpha value is -1.06. The first-order valence-corrected chi connectivity index (χ1v) is 6.34. The Morgan fingerprint density at radius 2 is 1.88 bits per heavy atom. The van der Waals surface area contributed by atoms with E-state index < -0.39 is 5.60 Å². The molecule has 1 amide bonds. The van der Waals surface area contributed by atoms with E-state index in [0.29, 0.717) is 6.54 Å². The van der Waals surface area contributed by atoms with Crippen LogP contribution in [-0.2, 0) is 9.53 Å². The van der Waals surface area contributed by atoms with E-state index in [1.165, 1.54) is 4.90 Å². The third kappa shape index (κ3) is 5.20. The maximum atomic E-state index is 11.9. The summed E-state index contributed by atoms with van der Waals surface area (Å²) in [7, 11) is 0. The van der Waals surface area contributed by atoms with Crippen molar-refractivity contribution in [1.82, 2.24) is 4.90 Å². The van der Waals surface area contributed by atoms with Crippen LogP contribution in [0.25, 0.3) is 0 Å². The average Bonchev–Trinajstić information content (AvgIpc) is 2.97. The van der Waals surface area contributed by atoms with Gasteiger partial charge in [0.1, 0.15) is 5.60 Å². The Labute approximate surface area is 103 Å². The molecule has 4 heteroatoms. The summed E-state index contributed by atoms with van der Waals surface area (Å²) >= 11 is 0. The lowest BCUT2D eigenvalue weighted by Crippen LogP contribution is -2.40. The Kier molecular flexibility index (Phi) is 4.54. The van der Waals surface area contributed by atoms with Gasteiger partial charge in [-0.3, -0.25) is 4.79 Å². The Bertz CT molecular complexity index is 290. The van der Waals surface area contributed by atoms with Gasteiger partial charge in [0, 0.05) is 12.5 Å². The van der Waals surface area contributed by atoms with Gasteiger partial charge in [0.05, 0.1) is 6.54 Å². The van der Waals surface area contributed by atoms with E-state index >= 15 is 0 Å². The first-order valence-electron chi connectivity index (χ1n) is 6.34. The van der Waals surface area contributed by atoms with E-state index in [2.05, 4.69) is 0 Å². The number of carbonyl (C=O) groups is 2. The molecule has 0 atom stereocenters. The molecule has 0 spiro atoms. The minimum absolute atomic E-state index is 0.171. The molecular weight excluding hydrogens is 218 g/mol. The fourth-order valence-electron chi connectivity index (χ4n) is 1.55. The normalized spacial score (nSPS) is 15.5. The van der Waals surface area contributed by atoms with Crippen LogP contribution in [0.1, 0.15) is 47.0 Å². The molecule has 1 aliphatic carbocycles. The van der Waals surface area contributed by atoms with Crippen molar-refractivity contribution in [3.8, 4) is 0 Å². The quantitative estimate of drug-likeness (QED) is 0.743. The lowest BCUT2D eigenvalue weighted by molar-refractivity contribution is -0.121. The first kappa shape index (κ1) is 14.0. The monoisotopic (exact) mass is 241 g/mol. The van der Waals surface area contributed by atoms with Crippen LogP contribution in [0.5, 0.6) is 0 Å². The molecule has 1 saturated carbocycles. The summed E-state index contributed by atoms with van der Waals surface area (Å²) in [6.07, 6.45) is 2.41. The number of rotatable bonds is 5. The summed E-state index contributed by atoms with van der Waals surface area (Å²) in [5.74, 6) is 0.362. The second-order valence-corrected chi connectivity index (χ2v) is 5.64. The van der Waals surface area contributed by atoms with Gasteiger partial charge in [0.2, 0.25) is 0 Å². The van der Waals surface area contributed by atoms with Gasteiger partial charge in [0.15, 0.2) is 5.78 Å². The molecule has 0 aromatic carbocycles. The van der Waals surface area contributed by atoms with Crippen LogP contribution in [-0.4, -0.2) is 35.5 Å². The predicted molar refractivity (Wildman–Crippen MR) is 65.8 cm³/mol. The van der Waals surface area contributed by atoms with E-state index in [4.69, 9.17) is 4.74 Å². The largest absolute Gasteiger partial charge is 0.444 e. The Balaban J connectivity index is 2.51. The molecular formula is C13H23NO3. The highest BCUT2D eigenvalue weighted by Gasteiger charge is 2.32. The third-order valence-corrected chi connectivity index (χ3v) is 2.52. The zero-order chi connectivity index (χ0) is 13.1. The number of ketones is 1. The summed E-state index contributed by atoms with van der Waals surface area (Å²) in [4.78, 5) is 25.1. The van der Waals surface area contributed by atoms with Crippen molar-refractivity contribution >= 4 is 11.9 Å². The predicted octanol–water partition coefficient (Wildman–Crippen LogP) is 2.61.